The van der Waals surface area contributed by atoms with Gasteiger partial charge in [-0.2, -0.15) is 0 Å². The van der Waals surface area contributed by atoms with Crippen molar-refractivity contribution in [2.75, 3.05) is 6.54 Å². The Kier molecular flexibility index (Phi) is 4.13. The highest BCUT2D eigenvalue weighted by Gasteiger charge is 2.31. The van der Waals surface area contributed by atoms with Crippen molar-refractivity contribution in [3.8, 4) is 0 Å². The van der Waals surface area contributed by atoms with Crippen LogP contribution >= 0.6 is 0 Å². The van der Waals surface area contributed by atoms with Crippen molar-refractivity contribution in [2.24, 2.45) is 5.41 Å². The Morgan fingerprint density at radius 3 is 2.71 bits per heavy atom. The number of rotatable bonds is 6. The normalized spacial score (nSPS) is 14.0. The number of hydrogen-bond acceptors (Lipinski definition) is 5. The van der Waals surface area contributed by atoms with Crippen molar-refractivity contribution >= 4 is 11.9 Å². The molecule has 0 aliphatic rings. The summed E-state index contributed by atoms with van der Waals surface area (Å²) in [4.78, 5) is 22.5. The molecule has 0 aliphatic carbocycles. The van der Waals surface area contributed by atoms with E-state index in [4.69, 9.17) is 5.11 Å². The Morgan fingerprint density at radius 1 is 1.53 bits per heavy atom. The first-order valence-electron chi connectivity index (χ1n) is 5.19. The van der Waals surface area contributed by atoms with Gasteiger partial charge in [-0.3, -0.25) is 9.59 Å². The number of tetrazole rings is 1. The summed E-state index contributed by atoms with van der Waals surface area (Å²) < 4.78 is 1.26. The molecule has 94 valence electrons. The van der Waals surface area contributed by atoms with Gasteiger partial charge in [-0.25, -0.2) is 4.68 Å². The van der Waals surface area contributed by atoms with E-state index >= 15 is 0 Å². The molecule has 0 spiro atoms. The largest absolute Gasteiger partial charge is 0.481 e. The number of carbonyl (C=O) groups is 2. The van der Waals surface area contributed by atoms with Crippen LogP contribution in [0, 0.1) is 5.41 Å². The van der Waals surface area contributed by atoms with Crippen LogP contribution in [0.1, 0.15) is 20.3 Å². The van der Waals surface area contributed by atoms with Crippen molar-refractivity contribution in [3.05, 3.63) is 6.33 Å². The predicted octanol–water partition coefficient (Wildman–Crippen LogP) is -0.710. The number of aromatic nitrogens is 4. The Hall–Kier alpha value is -1.99. The van der Waals surface area contributed by atoms with E-state index in [1.54, 1.807) is 13.8 Å². The molecule has 8 nitrogen and oxygen atoms in total. The van der Waals surface area contributed by atoms with E-state index in [1.165, 1.54) is 11.0 Å². The SMILES string of the molecule is CCC(C)(CNC(=O)Cn1cnnn1)C(=O)O. The lowest BCUT2D eigenvalue weighted by Gasteiger charge is -2.23. The Morgan fingerprint density at radius 2 is 2.24 bits per heavy atom. The molecule has 1 unspecified atom stereocenters. The monoisotopic (exact) mass is 241 g/mol. The second kappa shape index (κ2) is 5.37. The maximum Gasteiger partial charge on any atom is 0.311 e. The molecule has 17 heavy (non-hydrogen) atoms. The third-order valence-corrected chi connectivity index (χ3v) is 2.67. The summed E-state index contributed by atoms with van der Waals surface area (Å²) >= 11 is 0. The third kappa shape index (κ3) is 3.51. The van der Waals surface area contributed by atoms with E-state index in [9.17, 15) is 9.59 Å². The molecule has 1 rings (SSSR count). The van der Waals surface area contributed by atoms with Crippen molar-refractivity contribution in [3.63, 3.8) is 0 Å². The van der Waals surface area contributed by atoms with E-state index in [1.807, 2.05) is 0 Å². The van der Waals surface area contributed by atoms with Crippen LogP contribution in [0.25, 0.3) is 0 Å². The van der Waals surface area contributed by atoms with Gasteiger partial charge >= 0.3 is 5.97 Å². The zero-order valence-corrected chi connectivity index (χ0v) is 9.75. The Bertz CT molecular complexity index is 391. The zero-order valence-electron chi connectivity index (χ0n) is 9.75. The predicted molar refractivity (Wildman–Crippen MR) is 56.9 cm³/mol. The average Bonchev–Trinajstić information content (AvgIpc) is 2.78. The van der Waals surface area contributed by atoms with Crippen LogP contribution in [-0.2, 0) is 16.1 Å². The van der Waals surface area contributed by atoms with Gasteiger partial charge in [0.1, 0.15) is 12.9 Å². The van der Waals surface area contributed by atoms with Gasteiger partial charge < -0.3 is 10.4 Å². The summed E-state index contributed by atoms with van der Waals surface area (Å²) in [5.41, 5.74) is -0.948. The minimum atomic E-state index is -0.948. The number of nitrogens with one attached hydrogen (secondary N) is 1. The van der Waals surface area contributed by atoms with Crippen LogP contribution in [-0.4, -0.2) is 43.7 Å². The van der Waals surface area contributed by atoms with Crippen LogP contribution < -0.4 is 5.32 Å². The minimum absolute atomic E-state index is 0.0214. The van der Waals surface area contributed by atoms with Gasteiger partial charge in [-0.15, -0.1) is 5.10 Å². The first-order valence-corrected chi connectivity index (χ1v) is 5.19. The number of carboxylic acid groups (broad SMARTS) is 1. The second-order valence-electron chi connectivity index (χ2n) is 4.00. The number of carbonyl (C=O) groups excluding carboxylic acids is 1. The molecule has 1 heterocycles. The molecule has 0 saturated heterocycles. The average molecular weight is 241 g/mol. The highest BCUT2D eigenvalue weighted by atomic mass is 16.4. The van der Waals surface area contributed by atoms with Gasteiger partial charge in [0.2, 0.25) is 5.91 Å². The van der Waals surface area contributed by atoms with Crippen LogP contribution in [0.2, 0.25) is 0 Å². The maximum absolute atomic E-state index is 11.5. The fourth-order valence-corrected chi connectivity index (χ4v) is 1.10. The quantitative estimate of drug-likeness (QED) is 0.680. The van der Waals surface area contributed by atoms with Crippen LogP contribution in [0.15, 0.2) is 6.33 Å². The number of carboxylic acids is 1. The molecule has 1 aromatic rings. The van der Waals surface area contributed by atoms with Gasteiger partial charge in [-0.1, -0.05) is 6.92 Å². The maximum atomic E-state index is 11.5. The number of hydrogen-bond donors (Lipinski definition) is 2. The molecule has 1 amide bonds. The molecular weight excluding hydrogens is 226 g/mol. The molecule has 0 bridgehead atoms. The Labute approximate surface area is 98.0 Å². The fourth-order valence-electron chi connectivity index (χ4n) is 1.10. The van der Waals surface area contributed by atoms with Gasteiger partial charge in [0.15, 0.2) is 0 Å². The van der Waals surface area contributed by atoms with Crippen molar-refractivity contribution in [2.45, 2.75) is 26.8 Å². The highest BCUT2D eigenvalue weighted by Crippen LogP contribution is 2.19. The molecule has 2 N–H and O–H groups in total. The summed E-state index contributed by atoms with van der Waals surface area (Å²) in [5, 5.41) is 21.9. The molecule has 0 saturated carbocycles. The minimum Gasteiger partial charge on any atom is -0.481 e. The lowest BCUT2D eigenvalue weighted by molar-refractivity contribution is -0.148. The third-order valence-electron chi connectivity index (χ3n) is 2.67. The van der Waals surface area contributed by atoms with Gasteiger partial charge in [0, 0.05) is 6.54 Å². The Balaban J connectivity index is 2.45. The fraction of sp³-hybridized carbons (Fsp3) is 0.667. The van der Waals surface area contributed by atoms with Crippen molar-refractivity contribution in [1.29, 1.82) is 0 Å². The standard InChI is InChI=1S/C9H15N5O3/c1-3-9(2,8(16)17)5-10-7(15)4-14-6-11-12-13-14/h6H,3-5H2,1-2H3,(H,10,15)(H,16,17). The summed E-state index contributed by atoms with van der Waals surface area (Å²) in [5.74, 6) is -1.25. The first kappa shape index (κ1) is 13.1. The van der Waals surface area contributed by atoms with Crippen molar-refractivity contribution in [1.82, 2.24) is 25.5 Å². The second-order valence-corrected chi connectivity index (χ2v) is 4.00. The number of nitrogens with zero attached hydrogens (tertiary/aromatic N) is 4. The lowest BCUT2D eigenvalue weighted by Crippen LogP contribution is -2.41. The van der Waals surface area contributed by atoms with Gasteiger partial charge in [-0.05, 0) is 23.8 Å². The topological polar surface area (TPSA) is 110 Å². The van der Waals surface area contributed by atoms with Crippen LogP contribution in [0.4, 0.5) is 0 Å². The van der Waals surface area contributed by atoms with Gasteiger partial charge in [0.05, 0.1) is 5.41 Å². The molecule has 0 aliphatic heterocycles. The molecule has 8 heteroatoms. The summed E-state index contributed by atoms with van der Waals surface area (Å²) in [6.07, 6.45) is 1.75. The summed E-state index contributed by atoms with van der Waals surface area (Å²) in [6.45, 7) is 3.42. The summed E-state index contributed by atoms with van der Waals surface area (Å²) in [6, 6.07) is 0. The molecule has 0 fully saturated rings. The zero-order chi connectivity index (χ0) is 12.9. The molecule has 0 aromatic carbocycles. The smallest absolute Gasteiger partial charge is 0.311 e. The van der Waals surface area contributed by atoms with E-state index in [0.717, 1.165) is 0 Å². The molecule has 1 atom stereocenters. The van der Waals surface area contributed by atoms with Crippen molar-refractivity contribution < 1.29 is 14.7 Å². The van der Waals surface area contributed by atoms with Gasteiger partial charge in [0.25, 0.3) is 0 Å². The highest BCUT2D eigenvalue weighted by molar-refractivity contribution is 5.78. The van der Waals surface area contributed by atoms with E-state index < -0.39 is 11.4 Å². The summed E-state index contributed by atoms with van der Waals surface area (Å²) in [7, 11) is 0. The lowest BCUT2D eigenvalue weighted by atomic mass is 9.88. The number of aliphatic carboxylic acids is 1. The van der Waals surface area contributed by atoms with E-state index in [0.29, 0.717) is 6.42 Å². The van der Waals surface area contributed by atoms with Crippen LogP contribution in [0.3, 0.4) is 0 Å². The van der Waals surface area contributed by atoms with Crippen LogP contribution in [0.5, 0.6) is 0 Å². The van der Waals surface area contributed by atoms with E-state index in [2.05, 4.69) is 20.8 Å². The van der Waals surface area contributed by atoms with E-state index in [-0.39, 0.29) is 19.0 Å². The first-order chi connectivity index (χ1) is 7.98. The molecular formula is C9H15N5O3. The molecule has 1 aromatic heterocycles. The molecule has 0 radical (unpaired) electrons. The number of amides is 1.